The smallest absolute Gasteiger partial charge is 0.133 e. The van der Waals surface area contributed by atoms with Crippen molar-refractivity contribution >= 4 is 0 Å². The van der Waals surface area contributed by atoms with Crippen molar-refractivity contribution < 1.29 is 8.78 Å². The summed E-state index contributed by atoms with van der Waals surface area (Å²) in [6.45, 7) is 6.16. The van der Waals surface area contributed by atoms with Crippen molar-refractivity contribution in [2.24, 2.45) is 5.73 Å². The number of hydrogen-bond donors (Lipinski definition) is 1. The zero-order chi connectivity index (χ0) is 14.9. The van der Waals surface area contributed by atoms with Crippen molar-refractivity contribution in [2.45, 2.75) is 39.8 Å². The lowest BCUT2D eigenvalue weighted by Gasteiger charge is -2.15. The second kappa shape index (κ2) is 5.71. The summed E-state index contributed by atoms with van der Waals surface area (Å²) in [7, 11) is 0. The molecule has 108 valence electrons. The largest absolute Gasteiger partial charge is 0.323 e. The molecule has 2 aromatic rings. The highest BCUT2D eigenvalue weighted by molar-refractivity contribution is 5.30. The molecule has 1 heterocycles. The summed E-state index contributed by atoms with van der Waals surface area (Å²) in [5, 5.41) is 4.31. The van der Waals surface area contributed by atoms with Crippen LogP contribution in [0.4, 0.5) is 8.78 Å². The van der Waals surface area contributed by atoms with Gasteiger partial charge in [0.1, 0.15) is 11.6 Å². The summed E-state index contributed by atoms with van der Waals surface area (Å²) in [5.41, 5.74) is 8.12. The van der Waals surface area contributed by atoms with E-state index in [4.69, 9.17) is 5.73 Å². The normalized spacial score (nSPS) is 12.7. The van der Waals surface area contributed by atoms with Crippen molar-refractivity contribution in [1.29, 1.82) is 0 Å². The zero-order valence-corrected chi connectivity index (χ0v) is 12.0. The quantitative estimate of drug-likeness (QED) is 0.935. The topological polar surface area (TPSA) is 43.8 Å². The van der Waals surface area contributed by atoms with Crippen LogP contribution in [0.5, 0.6) is 0 Å². The van der Waals surface area contributed by atoms with Crippen LogP contribution in [0.25, 0.3) is 0 Å². The Morgan fingerprint density at radius 1 is 1.30 bits per heavy atom. The molecule has 1 atom stereocenters. The van der Waals surface area contributed by atoms with Gasteiger partial charge < -0.3 is 5.73 Å². The Bertz CT molecular complexity index is 620. The molecule has 0 radical (unpaired) electrons. The standard InChI is InChI=1S/C15H19F2N3/c1-4-20-11(7-10(3)19-20)8-13(18)14-12(16)6-5-9(2)15(14)17/h5-7,13H,4,8,18H2,1-3H3. The lowest BCUT2D eigenvalue weighted by Crippen LogP contribution is -2.19. The number of benzene rings is 1. The van der Waals surface area contributed by atoms with E-state index in [9.17, 15) is 8.78 Å². The molecule has 0 saturated heterocycles. The molecule has 2 rings (SSSR count). The third kappa shape index (κ3) is 2.72. The van der Waals surface area contributed by atoms with E-state index in [-0.39, 0.29) is 5.56 Å². The number of aromatic nitrogens is 2. The first-order chi connectivity index (χ1) is 9.43. The first-order valence-corrected chi connectivity index (χ1v) is 6.67. The minimum Gasteiger partial charge on any atom is -0.323 e. The monoisotopic (exact) mass is 279 g/mol. The molecular formula is C15H19F2N3. The summed E-state index contributed by atoms with van der Waals surface area (Å²) in [6.07, 6.45) is 0.353. The fourth-order valence-electron chi connectivity index (χ4n) is 2.38. The summed E-state index contributed by atoms with van der Waals surface area (Å²) >= 11 is 0. The number of nitrogens with zero attached hydrogens (tertiary/aromatic N) is 2. The van der Waals surface area contributed by atoms with Gasteiger partial charge in [-0.25, -0.2) is 8.78 Å². The van der Waals surface area contributed by atoms with Crippen LogP contribution in [-0.4, -0.2) is 9.78 Å². The van der Waals surface area contributed by atoms with Crippen LogP contribution in [0.15, 0.2) is 18.2 Å². The van der Waals surface area contributed by atoms with Gasteiger partial charge in [0.2, 0.25) is 0 Å². The number of halogens is 2. The van der Waals surface area contributed by atoms with E-state index >= 15 is 0 Å². The van der Waals surface area contributed by atoms with Gasteiger partial charge in [-0.2, -0.15) is 5.10 Å². The Morgan fingerprint density at radius 3 is 2.65 bits per heavy atom. The minimum absolute atomic E-state index is 0.0495. The van der Waals surface area contributed by atoms with Crippen LogP contribution in [0.1, 0.15) is 35.5 Å². The third-order valence-corrected chi connectivity index (χ3v) is 3.40. The van der Waals surface area contributed by atoms with Gasteiger partial charge >= 0.3 is 0 Å². The highest BCUT2D eigenvalue weighted by Crippen LogP contribution is 2.24. The molecule has 0 fully saturated rings. The van der Waals surface area contributed by atoms with Gasteiger partial charge in [0.05, 0.1) is 5.69 Å². The third-order valence-electron chi connectivity index (χ3n) is 3.40. The summed E-state index contributed by atoms with van der Waals surface area (Å²) in [6, 6.07) is 3.85. The lowest BCUT2D eigenvalue weighted by atomic mass is 9.99. The van der Waals surface area contributed by atoms with E-state index in [2.05, 4.69) is 5.10 Å². The summed E-state index contributed by atoms with van der Waals surface area (Å²) in [4.78, 5) is 0. The van der Waals surface area contributed by atoms with Crippen LogP contribution in [0.3, 0.4) is 0 Å². The zero-order valence-electron chi connectivity index (χ0n) is 12.0. The van der Waals surface area contributed by atoms with Crippen molar-refractivity contribution in [2.75, 3.05) is 0 Å². The predicted octanol–water partition coefficient (Wildman–Crippen LogP) is 3.04. The SMILES string of the molecule is CCn1nc(C)cc1CC(N)c1c(F)ccc(C)c1F. The molecule has 2 N–H and O–H groups in total. The van der Waals surface area contributed by atoms with Gasteiger partial charge in [-0.15, -0.1) is 0 Å². The molecule has 0 saturated carbocycles. The maximum Gasteiger partial charge on any atom is 0.133 e. The minimum atomic E-state index is -0.726. The first-order valence-electron chi connectivity index (χ1n) is 6.67. The van der Waals surface area contributed by atoms with Gasteiger partial charge in [-0.3, -0.25) is 4.68 Å². The number of rotatable bonds is 4. The molecule has 0 aliphatic rings. The Balaban J connectivity index is 2.33. The van der Waals surface area contributed by atoms with E-state index < -0.39 is 17.7 Å². The highest BCUT2D eigenvalue weighted by atomic mass is 19.1. The molecular weight excluding hydrogens is 260 g/mol. The van der Waals surface area contributed by atoms with E-state index in [1.165, 1.54) is 12.1 Å². The number of nitrogens with two attached hydrogens (primary N) is 1. The molecule has 0 aliphatic heterocycles. The van der Waals surface area contributed by atoms with Gasteiger partial charge in [-0.1, -0.05) is 6.07 Å². The second-order valence-electron chi connectivity index (χ2n) is 5.00. The molecule has 5 heteroatoms. The Kier molecular flexibility index (Phi) is 4.18. The molecule has 0 spiro atoms. The molecule has 3 nitrogen and oxygen atoms in total. The Hall–Kier alpha value is -1.75. The Labute approximate surface area is 117 Å². The lowest BCUT2D eigenvalue weighted by molar-refractivity contribution is 0.509. The molecule has 1 aromatic carbocycles. The van der Waals surface area contributed by atoms with Crippen LogP contribution in [0, 0.1) is 25.5 Å². The highest BCUT2D eigenvalue weighted by Gasteiger charge is 2.20. The second-order valence-corrected chi connectivity index (χ2v) is 5.00. The van der Waals surface area contributed by atoms with E-state index in [0.717, 1.165) is 11.4 Å². The van der Waals surface area contributed by atoms with Gasteiger partial charge in [0.25, 0.3) is 0 Å². The molecule has 20 heavy (non-hydrogen) atoms. The average molecular weight is 279 g/mol. The van der Waals surface area contributed by atoms with Crippen LogP contribution < -0.4 is 5.73 Å². The van der Waals surface area contributed by atoms with E-state index in [1.54, 1.807) is 11.6 Å². The maximum atomic E-state index is 14.1. The Morgan fingerprint density at radius 2 is 2.00 bits per heavy atom. The first kappa shape index (κ1) is 14.7. The van der Waals surface area contributed by atoms with Gasteiger partial charge in [0.15, 0.2) is 0 Å². The molecule has 1 aromatic heterocycles. The van der Waals surface area contributed by atoms with Crippen molar-refractivity contribution in [1.82, 2.24) is 9.78 Å². The maximum absolute atomic E-state index is 14.1. The van der Waals surface area contributed by atoms with Gasteiger partial charge in [0, 0.05) is 30.3 Å². The predicted molar refractivity (Wildman–Crippen MR) is 74.4 cm³/mol. The van der Waals surface area contributed by atoms with Crippen molar-refractivity contribution in [3.8, 4) is 0 Å². The van der Waals surface area contributed by atoms with Crippen LogP contribution in [0.2, 0.25) is 0 Å². The van der Waals surface area contributed by atoms with Crippen molar-refractivity contribution in [3.63, 3.8) is 0 Å². The van der Waals surface area contributed by atoms with E-state index in [1.807, 2.05) is 19.9 Å². The van der Waals surface area contributed by atoms with Gasteiger partial charge in [-0.05, 0) is 38.5 Å². The summed E-state index contributed by atoms with van der Waals surface area (Å²) < 4.78 is 29.7. The van der Waals surface area contributed by atoms with Crippen LogP contribution in [-0.2, 0) is 13.0 Å². The fraction of sp³-hybridized carbons (Fsp3) is 0.400. The molecule has 1 unspecified atom stereocenters. The average Bonchev–Trinajstić information content (AvgIpc) is 2.74. The molecule has 0 bridgehead atoms. The van der Waals surface area contributed by atoms with E-state index in [0.29, 0.717) is 18.5 Å². The number of hydrogen-bond acceptors (Lipinski definition) is 2. The molecule has 0 amide bonds. The van der Waals surface area contributed by atoms with Crippen molar-refractivity contribution in [3.05, 3.63) is 52.3 Å². The van der Waals surface area contributed by atoms with Crippen LogP contribution >= 0.6 is 0 Å². The summed E-state index contributed by atoms with van der Waals surface area (Å²) in [5.74, 6) is -1.16. The molecule has 0 aliphatic carbocycles. The fourth-order valence-corrected chi connectivity index (χ4v) is 2.38. The number of aryl methyl sites for hydroxylation is 3.